The summed E-state index contributed by atoms with van der Waals surface area (Å²) in [7, 11) is 0. The Labute approximate surface area is 168 Å². The topological polar surface area (TPSA) is 70.6 Å². The lowest BCUT2D eigenvalue weighted by atomic mass is 9.92. The van der Waals surface area contributed by atoms with Crippen LogP contribution in [0, 0.1) is 4.91 Å². The van der Waals surface area contributed by atoms with Crippen molar-refractivity contribution in [1.82, 2.24) is 5.32 Å². The van der Waals surface area contributed by atoms with Crippen LogP contribution in [0.2, 0.25) is 0 Å². The second kappa shape index (κ2) is 8.30. The zero-order valence-electron chi connectivity index (χ0n) is 15.4. The Morgan fingerprint density at radius 3 is 2.43 bits per heavy atom. The summed E-state index contributed by atoms with van der Waals surface area (Å²) in [5.74, 6) is 0. The number of rotatable bonds is 5. The number of nitrogens with zero attached hydrogens (tertiary/aromatic N) is 1. The zero-order chi connectivity index (χ0) is 21.1. The van der Waals surface area contributed by atoms with E-state index >= 15 is 0 Å². The molecule has 0 heterocycles. The first-order valence-corrected chi connectivity index (χ1v) is 9.12. The number of nitrogens with one attached hydrogen (secondary N) is 2. The Hall–Kier alpha value is -2.42. The molecule has 0 bridgehead atoms. The lowest BCUT2D eigenvalue weighted by Crippen LogP contribution is -2.43. The minimum Gasteiger partial charge on any atom is -0.329 e. The molecule has 2 amide bonds. The molecule has 0 saturated carbocycles. The lowest BCUT2D eigenvalue weighted by Gasteiger charge is -2.28. The molecule has 0 aromatic heterocycles. The van der Waals surface area contributed by atoms with E-state index in [1.165, 1.54) is 12.1 Å². The third kappa shape index (κ3) is 5.31. The molecule has 2 rings (SSSR count). The van der Waals surface area contributed by atoms with Gasteiger partial charge in [-0.1, -0.05) is 45.4 Å². The summed E-state index contributed by atoms with van der Waals surface area (Å²) in [4.78, 5) is 23.1. The standard InChI is InChI=1S/C19H19BrF3N3O2/c1-11(26-28)12-5-4-6-13(9-12)18(2,3)25-17(27)24-14-7-8-16(20)15(10-14)19(21,22)23/h4-11H,1-3H3,(H2,24,25,27). The van der Waals surface area contributed by atoms with Gasteiger partial charge in [-0.3, -0.25) is 0 Å². The van der Waals surface area contributed by atoms with E-state index in [4.69, 9.17) is 0 Å². The number of carbonyl (C=O) groups excluding carboxylic acids is 1. The highest BCUT2D eigenvalue weighted by molar-refractivity contribution is 9.10. The van der Waals surface area contributed by atoms with Crippen molar-refractivity contribution in [3.63, 3.8) is 0 Å². The van der Waals surface area contributed by atoms with Crippen LogP contribution in [0.25, 0.3) is 0 Å². The van der Waals surface area contributed by atoms with Crippen molar-refractivity contribution in [2.45, 2.75) is 38.5 Å². The highest BCUT2D eigenvalue weighted by atomic mass is 79.9. The van der Waals surface area contributed by atoms with Crippen LogP contribution in [0.3, 0.4) is 0 Å². The fourth-order valence-corrected chi connectivity index (χ4v) is 3.06. The van der Waals surface area contributed by atoms with Gasteiger partial charge in [-0.15, -0.1) is 0 Å². The van der Waals surface area contributed by atoms with E-state index in [0.29, 0.717) is 5.56 Å². The fraction of sp³-hybridized carbons (Fsp3) is 0.316. The largest absolute Gasteiger partial charge is 0.417 e. The molecule has 0 aliphatic carbocycles. The number of amides is 2. The molecule has 2 aromatic rings. The third-order valence-electron chi connectivity index (χ3n) is 4.20. The van der Waals surface area contributed by atoms with Crippen molar-refractivity contribution in [3.05, 3.63) is 68.5 Å². The molecule has 0 spiro atoms. The molecule has 9 heteroatoms. The van der Waals surface area contributed by atoms with E-state index in [2.05, 4.69) is 31.7 Å². The molecule has 0 fully saturated rings. The molecule has 1 atom stereocenters. The molecule has 150 valence electrons. The average molecular weight is 458 g/mol. The van der Waals surface area contributed by atoms with Crippen LogP contribution in [0.15, 0.2) is 52.1 Å². The van der Waals surface area contributed by atoms with Crippen LogP contribution < -0.4 is 10.6 Å². The Kier molecular flexibility index (Phi) is 6.48. The van der Waals surface area contributed by atoms with Gasteiger partial charge in [-0.25, -0.2) is 4.79 Å². The summed E-state index contributed by atoms with van der Waals surface area (Å²) in [6.07, 6.45) is -4.55. The van der Waals surface area contributed by atoms with Crippen LogP contribution in [0.1, 0.15) is 43.5 Å². The van der Waals surface area contributed by atoms with Gasteiger partial charge in [0.2, 0.25) is 0 Å². The lowest BCUT2D eigenvalue weighted by molar-refractivity contribution is -0.138. The number of nitroso groups, excluding NO2 is 1. The van der Waals surface area contributed by atoms with Crippen molar-refractivity contribution in [3.8, 4) is 0 Å². The van der Waals surface area contributed by atoms with E-state index in [-0.39, 0.29) is 10.2 Å². The number of hydrogen-bond acceptors (Lipinski definition) is 3. The van der Waals surface area contributed by atoms with Crippen LogP contribution in [-0.4, -0.2) is 6.03 Å². The number of anilines is 1. The number of carbonyl (C=O) groups is 1. The predicted octanol–water partition coefficient (Wildman–Crippen LogP) is 6.35. The third-order valence-corrected chi connectivity index (χ3v) is 4.90. The summed E-state index contributed by atoms with van der Waals surface area (Å²) in [6.45, 7) is 5.14. The molecule has 0 saturated heterocycles. The molecule has 0 radical (unpaired) electrons. The van der Waals surface area contributed by atoms with Gasteiger partial charge < -0.3 is 10.6 Å². The van der Waals surface area contributed by atoms with Crippen LogP contribution in [0.5, 0.6) is 0 Å². The van der Waals surface area contributed by atoms with Gasteiger partial charge in [0.25, 0.3) is 0 Å². The average Bonchev–Trinajstić information content (AvgIpc) is 2.61. The molecule has 0 aliphatic heterocycles. The molecule has 2 N–H and O–H groups in total. The van der Waals surface area contributed by atoms with Gasteiger partial charge in [0.15, 0.2) is 0 Å². The van der Waals surface area contributed by atoms with Crippen molar-refractivity contribution in [2.24, 2.45) is 5.18 Å². The van der Waals surface area contributed by atoms with E-state index in [0.717, 1.165) is 11.6 Å². The Bertz CT molecular complexity index is 885. The first-order valence-electron chi connectivity index (χ1n) is 8.33. The second-order valence-corrected chi connectivity index (χ2v) is 7.66. The first kappa shape index (κ1) is 21.9. The highest BCUT2D eigenvalue weighted by Crippen LogP contribution is 2.36. The van der Waals surface area contributed by atoms with E-state index in [1.807, 2.05) is 0 Å². The van der Waals surface area contributed by atoms with Gasteiger partial charge in [0.05, 0.1) is 11.1 Å². The maximum atomic E-state index is 13.0. The van der Waals surface area contributed by atoms with Crippen molar-refractivity contribution in [1.29, 1.82) is 0 Å². The molecule has 5 nitrogen and oxygen atoms in total. The Morgan fingerprint density at radius 2 is 1.82 bits per heavy atom. The summed E-state index contributed by atoms with van der Waals surface area (Å²) in [6, 6.07) is 9.29. The van der Waals surface area contributed by atoms with Crippen molar-refractivity contribution in [2.75, 3.05) is 5.32 Å². The first-order chi connectivity index (χ1) is 12.9. The van der Waals surface area contributed by atoms with Crippen LogP contribution in [0.4, 0.5) is 23.7 Å². The summed E-state index contributed by atoms with van der Waals surface area (Å²) in [5, 5.41) is 8.13. The van der Waals surface area contributed by atoms with Gasteiger partial charge in [0.1, 0.15) is 6.04 Å². The zero-order valence-corrected chi connectivity index (χ0v) is 17.0. The van der Waals surface area contributed by atoms with Gasteiger partial charge in [-0.2, -0.15) is 18.1 Å². The number of urea groups is 1. The highest BCUT2D eigenvalue weighted by Gasteiger charge is 2.33. The van der Waals surface area contributed by atoms with Crippen molar-refractivity contribution >= 4 is 27.6 Å². The quantitative estimate of drug-likeness (QED) is 0.513. The maximum absolute atomic E-state index is 13.0. The number of hydrogen-bond donors (Lipinski definition) is 2. The predicted molar refractivity (Wildman–Crippen MR) is 105 cm³/mol. The maximum Gasteiger partial charge on any atom is 0.417 e. The summed E-state index contributed by atoms with van der Waals surface area (Å²) >= 11 is 2.86. The van der Waals surface area contributed by atoms with E-state index in [9.17, 15) is 22.9 Å². The van der Waals surface area contributed by atoms with E-state index in [1.54, 1.807) is 45.0 Å². The number of halogens is 4. The van der Waals surface area contributed by atoms with Crippen molar-refractivity contribution < 1.29 is 18.0 Å². The normalized spacial score (nSPS) is 13.0. The van der Waals surface area contributed by atoms with Crippen LogP contribution in [-0.2, 0) is 11.7 Å². The second-order valence-electron chi connectivity index (χ2n) is 6.80. The molecular weight excluding hydrogens is 439 g/mol. The van der Waals surface area contributed by atoms with E-state index < -0.39 is 29.4 Å². The SMILES string of the molecule is CC(N=O)c1cccc(C(C)(C)NC(=O)Nc2ccc(Br)c(C(F)(F)F)c2)c1. The smallest absolute Gasteiger partial charge is 0.329 e. The van der Waals surface area contributed by atoms with Gasteiger partial charge >= 0.3 is 12.2 Å². The number of benzene rings is 2. The molecule has 0 aliphatic rings. The Morgan fingerprint density at radius 1 is 1.14 bits per heavy atom. The molecule has 28 heavy (non-hydrogen) atoms. The fourth-order valence-electron chi connectivity index (χ4n) is 2.59. The van der Waals surface area contributed by atoms with Gasteiger partial charge in [0, 0.05) is 10.2 Å². The molecular formula is C19H19BrF3N3O2. The Balaban J connectivity index is 2.17. The molecule has 2 aromatic carbocycles. The monoisotopic (exact) mass is 457 g/mol. The van der Waals surface area contributed by atoms with Gasteiger partial charge in [-0.05, 0) is 50.1 Å². The summed E-state index contributed by atoms with van der Waals surface area (Å²) in [5.41, 5.74) is -0.290. The van der Waals surface area contributed by atoms with Crippen LogP contribution >= 0.6 is 15.9 Å². The molecule has 1 unspecified atom stereocenters. The number of alkyl halides is 3. The minimum atomic E-state index is -4.55. The summed E-state index contributed by atoms with van der Waals surface area (Å²) < 4.78 is 38.9. The minimum absolute atomic E-state index is 0.0105.